The van der Waals surface area contributed by atoms with E-state index in [2.05, 4.69) is 9.88 Å². The van der Waals surface area contributed by atoms with Crippen molar-refractivity contribution < 1.29 is 12.9 Å². The number of aryl methyl sites for hydroxylation is 3. The van der Waals surface area contributed by atoms with Crippen LogP contribution in [0.25, 0.3) is 0 Å². The maximum Gasteiger partial charge on any atom is 0.267 e. The summed E-state index contributed by atoms with van der Waals surface area (Å²) in [5.74, 6) is 1.42. The van der Waals surface area contributed by atoms with Crippen LogP contribution in [0.5, 0.6) is 0 Å². The fourth-order valence-electron chi connectivity index (χ4n) is 2.49. The molecule has 3 rings (SSSR count). The lowest BCUT2D eigenvalue weighted by atomic mass is 10.1. The summed E-state index contributed by atoms with van der Waals surface area (Å²) >= 11 is 1.82. The molecule has 0 fully saturated rings. The second-order valence-corrected chi connectivity index (χ2v) is 7.79. The van der Waals surface area contributed by atoms with Crippen LogP contribution in [0, 0.1) is 13.8 Å². The molecule has 7 heteroatoms. The van der Waals surface area contributed by atoms with Gasteiger partial charge in [-0.05, 0) is 56.2 Å². The average molecular weight is 324 g/mol. The Hall–Kier alpha value is -1.47. The Morgan fingerprint density at radius 2 is 2.14 bits per heavy atom. The number of hydrogen-bond acceptors (Lipinski definition) is 5. The van der Waals surface area contributed by atoms with E-state index < -0.39 is 10.0 Å². The molecule has 1 aromatic heterocycles. The quantitative estimate of drug-likeness (QED) is 0.939. The molecule has 0 amide bonds. The molecule has 1 N–H and O–H groups in total. The molecular formula is C14H16N2O3S2. The number of anilines is 1. The van der Waals surface area contributed by atoms with Crippen molar-refractivity contribution in [3.8, 4) is 0 Å². The molecule has 0 saturated carbocycles. The number of aromatic nitrogens is 1. The Bertz CT molecular complexity index is 762. The van der Waals surface area contributed by atoms with Crippen LogP contribution < -0.4 is 4.72 Å². The van der Waals surface area contributed by atoms with Gasteiger partial charge in [0.1, 0.15) is 5.69 Å². The Morgan fingerprint density at radius 3 is 2.86 bits per heavy atom. The largest absolute Gasteiger partial charge is 0.360 e. The van der Waals surface area contributed by atoms with Gasteiger partial charge in [0.25, 0.3) is 10.0 Å². The van der Waals surface area contributed by atoms with Gasteiger partial charge in [0.2, 0.25) is 0 Å². The third kappa shape index (κ3) is 2.80. The van der Waals surface area contributed by atoms with Gasteiger partial charge in [-0.15, -0.1) is 11.8 Å². The number of hydrogen-bond donors (Lipinski definition) is 1. The lowest BCUT2D eigenvalue weighted by Gasteiger charge is -2.16. The van der Waals surface area contributed by atoms with E-state index in [0.29, 0.717) is 17.1 Å². The minimum absolute atomic E-state index is 0.120. The number of nitrogens with zero attached hydrogens (tertiary/aromatic N) is 1. The van der Waals surface area contributed by atoms with E-state index in [1.54, 1.807) is 19.9 Å². The van der Waals surface area contributed by atoms with Crippen LogP contribution in [0.2, 0.25) is 0 Å². The summed E-state index contributed by atoms with van der Waals surface area (Å²) < 4.78 is 32.5. The molecule has 0 atom stereocenters. The number of nitrogens with one attached hydrogen (secondary N) is 1. The Balaban J connectivity index is 1.93. The first-order valence-corrected chi connectivity index (χ1v) is 9.16. The molecule has 0 unspecified atom stereocenters. The van der Waals surface area contributed by atoms with Gasteiger partial charge >= 0.3 is 0 Å². The monoisotopic (exact) mass is 324 g/mol. The minimum atomic E-state index is -3.67. The smallest absolute Gasteiger partial charge is 0.267 e. The zero-order valence-electron chi connectivity index (χ0n) is 11.8. The number of rotatable bonds is 3. The van der Waals surface area contributed by atoms with Gasteiger partial charge in [-0.1, -0.05) is 5.16 Å². The molecule has 0 bridgehead atoms. The maximum atomic E-state index is 12.5. The highest BCUT2D eigenvalue weighted by molar-refractivity contribution is 7.99. The third-order valence-corrected chi connectivity index (χ3v) is 6.22. The van der Waals surface area contributed by atoms with Gasteiger partial charge in [-0.25, -0.2) is 8.42 Å². The molecule has 0 spiro atoms. The number of fused-ring (bicyclic) bond motifs is 1. The molecule has 1 aromatic carbocycles. The van der Waals surface area contributed by atoms with Crippen LogP contribution in [0.3, 0.4) is 0 Å². The zero-order valence-corrected chi connectivity index (χ0v) is 13.5. The fraction of sp³-hybridized carbons (Fsp3) is 0.357. The highest BCUT2D eigenvalue weighted by atomic mass is 32.2. The number of sulfonamides is 1. The fourth-order valence-corrected chi connectivity index (χ4v) is 4.89. The second kappa shape index (κ2) is 5.38. The first-order chi connectivity index (χ1) is 9.97. The summed E-state index contributed by atoms with van der Waals surface area (Å²) in [5, 5.41) is 3.70. The lowest BCUT2D eigenvalue weighted by molar-refractivity contribution is 0.390. The summed E-state index contributed by atoms with van der Waals surface area (Å²) in [7, 11) is -3.67. The predicted octanol–water partition coefficient (Wildman–Crippen LogP) is 3.13. The van der Waals surface area contributed by atoms with E-state index >= 15 is 0 Å². The van der Waals surface area contributed by atoms with Gasteiger partial charge in [0, 0.05) is 10.6 Å². The third-order valence-electron chi connectivity index (χ3n) is 3.40. The van der Waals surface area contributed by atoms with Crippen molar-refractivity contribution in [3.63, 3.8) is 0 Å². The van der Waals surface area contributed by atoms with Crippen molar-refractivity contribution in [3.05, 3.63) is 35.2 Å². The van der Waals surface area contributed by atoms with Gasteiger partial charge in [-0.2, -0.15) is 0 Å². The van der Waals surface area contributed by atoms with Crippen molar-refractivity contribution in [2.45, 2.75) is 36.5 Å². The first-order valence-electron chi connectivity index (χ1n) is 6.69. The van der Waals surface area contributed by atoms with Crippen LogP contribution in [0.4, 0.5) is 5.69 Å². The highest BCUT2D eigenvalue weighted by Crippen LogP contribution is 2.32. The summed E-state index contributed by atoms with van der Waals surface area (Å²) in [5.41, 5.74) is 2.15. The average Bonchev–Trinajstić information content (AvgIpc) is 2.78. The van der Waals surface area contributed by atoms with Crippen LogP contribution in [-0.4, -0.2) is 19.3 Å². The van der Waals surface area contributed by atoms with E-state index in [-0.39, 0.29) is 4.90 Å². The standard InChI is InChI=1S/C14H16N2O3S2/c1-9-14(10(2)19-15-9)21(17,18)16-12-5-6-13-11(8-12)4-3-7-20-13/h5-6,8,16H,3-4,7H2,1-2H3. The molecule has 0 aliphatic carbocycles. The summed E-state index contributed by atoms with van der Waals surface area (Å²) in [4.78, 5) is 1.36. The van der Waals surface area contributed by atoms with E-state index in [0.717, 1.165) is 18.6 Å². The van der Waals surface area contributed by atoms with Gasteiger partial charge in [-0.3, -0.25) is 4.72 Å². The molecular weight excluding hydrogens is 308 g/mol. The molecule has 5 nitrogen and oxygen atoms in total. The van der Waals surface area contributed by atoms with Crippen LogP contribution in [0.1, 0.15) is 23.4 Å². The molecule has 2 heterocycles. The Morgan fingerprint density at radius 1 is 1.33 bits per heavy atom. The molecule has 0 saturated heterocycles. The maximum absolute atomic E-state index is 12.5. The van der Waals surface area contributed by atoms with Crippen molar-refractivity contribution in [1.29, 1.82) is 0 Å². The molecule has 0 radical (unpaired) electrons. The molecule has 112 valence electrons. The molecule has 1 aliphatic rings. The number of benzene rings is 1. The molecule has 21 heavy (non-hydrogen) atoms. The highest BCUT2D eigenvalue weighted by Gasteiger charge is 2.24. The van der Waals surface area contributed by atoms with E-state index in [9.17, 15) is 8.42 Å². The summed E-state index contributed by atoms with van der Waals surface area (Å²) in [6, 6.07) is 5.69. The molecule has 1 aliphatic heterocycles. The van der Waals surface area contributed by atoms with Crippen LogP contribution in [0.15, 0.2) is 32.5 Å². The minimum Gasteiger partial charge on any atom is -0.360 e. The summed E-state index contributed by atoms with van der Waals surface area (Å²) in [6.07, 6.45) is 2.11. The normalized spacial score (nSPS) is 14.8. The van der Waals surface area contributed by atoms with Gasteiger partial charge in [0.05, 0.1) is 0 Å². The number of thioether (sulfide) groups is 1. The van der Waals surface area contributed by atoms with Crippen molar-refractivity contribution >= 4 is 27.5 Å². The van der Waals surface area contributed by atoms with Crippen LogP contribution in [-0.2, 0) is 16.4 Å². The lowest BCUT2D eigenvalue weighted by Crippen LogP contribution is -2.15. The summed E-state index contributed by atoms with van der Waals surface area (Å²) in [6.45, 7) is 3.21. The second-order valence-electron chi connectivity index (χ2n) is 5.03. The first kappa shape index (κ1) is 14.5. The SMILES string of the molecule is Cc1noc(C)c1S(=O)(=O)Nc1ccc2c(c1)CCCS2. The molecule has 2 aromatic rings. The van der Waals surface area contributed by atoms with Crippen molar-refractivity contribution in [2.75, 3.05) is 10.5 Å². The van der Waals surface area contributed by atoms with E-state index in [1.807, 2.05) is 23.9 Å². The van der Waals surface area contributed by atoms with E-state index in [1.165, 1.54) is 10.5 Å². The zero-order chi connectivity index (χ0) is 15.0. The Kier molecular flexibility index (Phi) is 3.71. The van der Waals surface area contributed by atoms with Crippen LogP contribution >= 0.6 is 11.8 Å². The Labute approximate surface area is 128 Å². The van der Waals surface area contributed by atoms with E-state index in [4.69, 9.17) is 4.52 Å². The topological polar surface area (TPSA) is 72.2 Å². The van der Waals surface area contributed by atoms with Gasteiger partial charge in [0.15, 0.2) is 10.7 Å². The van der Waals surface area contributed by atoms with Crippen molar-refractivity contribution in [2.24, 2.45) is 0 Å². The van der Waals surface area contributed by atoms with Crippen molar-refractivity contribution in [1.82, 2.24) is 5.16 Å². The van der Waals surface area contributed by atoms with Gasteiger partial charge < -0.3 is 4.52 Å². The predicted molar refractivity (Wildman–Crippen MR) is 82.3 cm³/mol.